The third kappa shape index (κ3) is 2.62. The highest BCUT2D eigenvalue weighted by Crippen LogP contribution is 2.49. The molecule has 1 fully saturated rings. The largest absolute Gasteiger partial charge is 0.466 e. The van der Waals surface area contributed by atoms with Crippen LogP contribution in [0.1, 0.15) is 39.5 Å². The Balaban J connectivity index is 2.33. The fourth-order valence-corrected chi connectivity index (χ4v) is 3.76. The maximum absolute atomic E-state index is 11.7. The van der Waals surface area contributed by atoms with Crippen molar-refractivity contribution in [3.05, 3.63) is 23.8 Å². The molecular weight excluding hydrogens is 240 g/mol. The first-order valence-corrected chi connectivity index (χ1v) is 7.03. The summed E-state index contributed by atoms with van der Waals surface area (Å²) in [6.07, 6.45) is 5.34. The lowest BCUT2D eigenvalue weighted by atomic mass is 9.59. The Bertz CT molecular complexity index is 420. The molecule has 3 heteroatoms. The quantitative estimate of drug-likeness (QED) is 0.616. The van der Waals surface area contributed by atoms with Gasteiger partial charge in [0.25, 0.3) is 0 Å². The number of allylic oxidation sites excluding steroid dienone is 2. The van der Waals surface area contributed by atoms with E-state index < -0.39 is 5.60 Å². The summed E-state index contributed by atoms with van der Waals surface area (Å²) in [6.45, 7) is 8.05. The van der Waals surface area contributed by atoms with Gasteiger partial charge in [-0.05, 0) is 57.3 Å². The Morgan fingerprint density at radius 1 is 1.53 bits per heavy atom. The van der Waals surface area contributed by atoms with E-state index in [1.54, 1.807) is 0 Å². The van der Waals surface area contributed by atoms with E-state index >= 15 is 0 Å². The normalized spacial score (nSPS) is 38.1. The second-order valence-corrected chi connectivity index (χ2v) is 6.25. The first-order chi connectivity index (χ1) is 8.86. The average molecular weight is 264 g/mol. The molecule has 3 nitrogen and oxygen atoms in total. The van der Waals surface area contributed by atoms with Gasteiger partial charge in [-0.3, -0.25) is 0 Å². The zero-order valence-corrected chi connectivity index (χ0v) is 12.1. The first kappa shape index (κ1) is 14.3. The van der Waals surface area contributed by atoms with Crippen LogP contribution in [-0.2, 0) is 9.53 Å². The molecule has 0 aromatic rings. The topological polar surface area (TPSA) is 46.5 Å². The Morgan fingerprint density at radius 2 is 2.21 bits per heavy atom. The summed E-state index contributed by atoms with van der Waals surface area (Å²) in [7, 11) is 1.42. The summed E-state index contributed by atoms with van der Waals surface area (Å²) in [5, 5.41) is 10.6. The van der Waals surface area contributed by atoms with Gasteiger partial charge >= 0.3 is 5.97 Å². The third-order valence-corrected chi connectivity index (χ3v) is 4.89. The highest BCUT2D eigenvalue weighted by atomic mass is 16.5. The van der Waals surface area contributed by atoms with Crippen LogP contribution in [0.4, 0.5) is 0 Å². The molecular formula is C16H24O3. The average Bonchev–Trinajstić information content (AvgIpc) is 2.36. The summed E-state index contributed by atoms with van der Waals surface area (Å²) in [4.78, 5) is 11.7. The van der Waals surface area contributed by atoms with E-state index in [1.807, 2.05) is 19.9 Å². The predicted octanol–water partition coefficient (Wildman–Crippen LogP) is 2.85. The van der Waals surface area contributed by atoms with E-state index in [0.717, 1.165) is 30.4 Å². The Kier molecular flexibility index (Phi) is 3.86. The molecule has 0 saturated heterocycles. The van der Waals surface area contributed by atoms with E-state index in [1.165, 1.54) is 7.11 Å². The van der Waals surface area contributed by atoms with Gasteiger partial charge in [-0.2, -0.15) is 0 Å². The van der Waals surface area contributed by atoms with Crippen LogP contribution in [0.25, 0.3) is 0 Å². The number of carbonyl (C=O) groups is 1. The monoisotopic (exact) mass is 264 g/mol. The van der Waals surface area contributed by atoms with Gasteiger partial charge < -0.3 is 9.84 Å². The lowest BCUT2D eigenvalue weighted by Gasteiger charge is -2.48. The molecule has 106 valence electrons. The van der Waals surface area contributed by atoms with Gasteiger partial charge in [0.05, 0.1) is 12.7 Å². The molecule has 0 amide bonds. The maximum Gasteiger partial charge on any atom is 0.333 e. The number of esters is 1. The zero-order chi connectivity index (χ0) is 14.2. The van der Waals surface area contributed by atoms with Crippen molar-refractivity contribution in [2.45, 2.75) is 45.1 Å². The highest BCUT2D eigenvalue weighted by Gasteiger charge is 2.46. The molecule has 0 aliphatic heterocycles. The van der Waals surface area contributed by atoms with Crippen LogP contribution in [0.3, 0.4) is 0 Å². The molecule has 1 N–H and O–H groups in total. The molecule has 0 heterocycles. The minimum absolute atomic E-state index is 0.212. The van der Waals surface area contributed by atoms with Crippen LogP contribution in [-0.4, -0.2) is 23.8 Å². The minimum Gasteiger partial charge on any atom is -0.466 e. The van der Waals surface area contributed by atoms with Crippen LogP contribution >= 0.6 is 0 Å². The predicted molar refractivity (Wildman–Crippen MR) is 74.5 cm³/mol. The second kappa shape index (κ2) is 5.12. The molecule has 4 unspecified atom stereocenters. The Morgan fingerprint density at radius 3 is 2.79 bits per heavy atom. The molecule has 0 aromatic heterocycles. The summed E-state index contributed by atoms with van der Waals surface area (Å²) >= 11 is 0. The lowest BCUT2D eigenvalue weighted by Crippen LogP contribution is -2.47. The van der Waals surface area contributed by atoms with Crippen molar-refractivity contribution >= 4 is 5.97 Å². The third-order valence-electron chi connectivity index (χ3n) is 4.89. The van der Waals surface area contributed by atoms with Gasteiger partial charge in [-0.1, -0.05) is 18.2 Å². The van der Waals surface area contributed by atoms with E-state index in [-0.39, 0.29) is 17.8 Å². The van der Waals surface area contributed by atoms with Crippen LogP contribution in [0.15, 0.2) is 23.8 Å². The van der Waals surface area contributed by atoms with E-state index in [9.17, 15) is 9.90 Å². The van der Waals surface area contributed by atoms with Crippen LogP contribution in [0, 0.1) is 17.8 Å². The second-order valence-electron chi connectivity index (χ2n) is 6.25. The fourth-order valence-electron chi connectivity index (χ4n) is 3.76. The van der Waals surface area contributed by atoms with Gasteiger partial charge in [-0.15, -0.1) is 0 Å². The van der Waals surface area contributed by atoms with E-state index in [0.29, 0.717) is 12.3 Å². The van der Waals surface area contributed by atoms with Crippen LogP contribution in [0.2, 0.25) is 0 Å². The van der Waals surface area contributed by atoms with Gasteiger partial charge in [0.15, 0.2) is 0 Å². The van der Waals surface area contributed by atoms with Crippen molar-refractivity contribution in [2.24, 2.45) is 17.8 Å². The van der Waals surface area contributed by atoms with Gasteiger partial charge in [0.1, 0.15) is 0 Å². The van der Waals surface area contributed by atoms with Crippen molar-refractivity contribution in [3.63, 3.8) is 0 Å². The number of aliphatic hydroxyl groups is 1. The minimum atomic E-state index is -0.630. The highest BCUT2D eigenvalue weighted by molar-refractivity contribution is 5.88. The number of hydrogen-bond donors (Lipinski definition) is 1. The summed E-state index contributed by atoms with van der Waals surface area (Å²) in [6, 6.07) is 0. The van der Waals surface area contributed by atoms with Crippen molar-refractivity contribution < 1.29 is 14.6 Å². The number of ether oxygens (including phenoxy) is 1. The SMILES string of the molecule is C=C(C)C1CCC(C)(O)C2CCC(C(=O)OC)=CC12. The molecule has 2 rings (SSSR count). The van der Waals surface area contributed by atoms with E-state index in [2.05, 4.69) is 6.58 Å². The van der Waals surface area contributed by atoms with Crippen LogP contribution in [0.5, 0.6) is 0 Å². The van der Waals surface area contributed by atoms with Crippen molar-refractivity contribution in [1.82, 2.24) is 0 Å². The smallest absolute Gasteiger partial charge is 0.333 e. The molecule has 0 bridgehead atoms. The fraction of sp³-hybridized carbons (Fsp3) is 0.688. The molecule has 19 heavy (non-hydrogen) atoms. The van der Waals surface area contributed by atoms with Crippen molar-refractivity contribution in [2.75, 3.05) is 7.11 Å². The zero-order valence-electron chi connectivity index (χ0n) is 12.1. The lowest BCUT2D eigenvalue weighted by molar-refractivity contribution is -0.137. The summed E-state index contributed by atoms with van der Waals surface area (Å²) in [5.41, 5.74) is 1.27. The molecule has 4 atom stereocenters. The maximum atomic E-state index is 11.7. The molecule has 0 radical (unpaired) electrons. The van der Waals surface area contributed by atoms with Gasteiger partial charge in [0.2, 0.25) is 0 Å². The molecule has 0 aromatic carbocycles. The Labute approximate surface area is 115 Å². The first-order valence-electron chi connectivity index (χ1n) is 7.03. The van der Waals surface area contributed by atoms with Crippen LogP contribution < -0.4 is 0 Å². The van der Waals surface area contributed by atoms with Crippen molar-refractivity contribution in [1.29, 1.82) is 0 Å². The van der Waals surface area contributed by atoms with Gasteiger partial charge in [-0.25, -0.2) is 4.79 Å². The number of hydrogen-bond acceptors (Lipinski definition) is 3. The number of fused-ring (bicyclic) bond motifs is 1. The summed E-state index contributed by atoms with van der Waals surface area (Å²) < 4.78 is 4.82. The molecule has 1 saturated carbocycles. The molecule has 2 aliphatic carbocycles. The molecule has 2 aliphatic rings. The number of carbonyl (C=O) groups excluding carboxylic acids is 1. The number of rotatable bonds is 2. The van der Waals surface area contributed by atoms with Crippen molar-refractivity contribution in [3.8, 4) is 0 Å². The standard InChI is InChI=1S/C16H24O3/c1-10(2)12-7-8-16(3,18)14-6-5-11(9-13(12)14)15(17)19-4/h9,12-14,18H,1,5-8H2,2-4H3. The molecule has 0 spiro atoms. The number of methoxy groups -OCH3 is 1. The van der Waals surface area contributed by atoms with Gasteiger partial charge in [0, 0.05) is 5.57 Å². The summed E-state index contributed by atoms with van der Waals surface area (Å²) in [5.74, 6) is 0.565. The Hall–Kier alpha value is -1.09. The van der Waals surface area contributed by atoms with E-state index in [4.69, 9.17) is 4.74 Å².